The van der Waals surface area contributed by atoms with Crippen LogP contribution in [-0.2, 0) is 20.7 Å². The molecule has 1 aromatic rings. The Hall–Kier alpha value is -3.50. The number of fused-ring (bicyclic) bond motifs is 3. The predicted octanol–water partition coefficient (Wildman–Crippen LogP) is 2.49. The number of cyclic esters (lactones) is 1. The summed E-state index contributed by atoms with van der Waals surface area (Å²) in [5, 5.41) is 23.0. The molecule has 2 bridgehead atoms. The van der Waals surface area contributed by atoms with E-state index < -0.39 is 36.0 Å². The molecule has 2 amide bonds. The lowest BCUT2D eigenvalue weighted by atomic mass is 9.93. The van der Waals surface area contributed by atoms with Gasteiger partial charge in [-0.05, 0) is 32.3 Å². The lowest BCUT2D eigenvalue weighted by Crippen LogP contribution is -2.44. The van der Waals surface area contributed by atoms with Crippen molar-refractivity contribution in [3.63, 3.8) is 0 Å². The van der Waals surface area contributed by atoms with Gasteiger partial charge in [0.15, 0.2) is 11.6 Å². The van der Waals surface area contributed by atoms with E-state index in [1.807, 2.05) is 6.92 Å². The van der Waals surface area contributed by atoms with Crippen molar-refractivity contribution in [3.05, 3.63) is 66.0 Å². The first-order valence-electron chi connectivity index (χ1n) is 13.3. The van der Waals surface area contributed by atoms with Crippen LogP contribution in [0, 0.1) is 11.8 Å². The fourth-order valence-electron chi connectivity index (χ4n) is 4.76. The molecular weight excluding hydrogens is 502 g/mol. The van der Waals surface area contributed by atoms with Gasteiger partial charge in [-0.2, -0.15) is 0 Å². The van der Waals surface area contributed by atoms with Crippen molar-refractivity contribution in [2.45, 2.75) is 64.7 Å². The monoisotopic (exact) mass is 541 g/mol. The standard InChI is InChI=1S/C29H39N3O7/c1-18-7-5-11-30-25(35)10-9-20(3)27(21(4)16-33)39-29(37)24-8-6-12-32(24)28(36)23-17-38-26(31-23)15-19(2)14-22(34)13-18/h5,7,9-10,13,17,20-22,24,27,33-34H,2,6,8,11-12,14-16H2,1,3-4H3,(H,30,35)/b7-5+,10-9+,18-13+/t20-,21?,22-,24-,27+/m1/s1. The maximum absolute atomic E-state index is 13.2. The zero-order valence-corrected chi connectivity index (χ0v) is 22.8. The Labute approximate surface area is 229 Å². The Morgan fingerprint density at radius 2 is 2.05 bits per heavy atom. The Morgan fingerprint density at radius 1 is 1.28 bits per heavy atom. The van der Waals surface area contributed by atoms with Gasteiger partial charge in [0, 0.05) is 38.0 Å². The molecule has 0 aromatic carbocycles. The van der Waals surface area contributed by atoms with Crippen LogP contribution in [-0.4, -0.2) is 75.8 Å². The van der Waals surface area contributed by atoms with Gasteiger partial charge in [-0.25, -0.2) is 9.78 Å². The largest absolute Gasteiger partial charge is 0.460 e. The number of carbonyl (C=O) groups excluding carboxylic acids is 3. The van der Waals surface area contributed by atoms with Gasteiger partial charge in [0.2, 0.25) is 5.91 Å². The van der Waals surface area contributed by atoms with Gasteiger partial charge in [-0.3, -0.25) is 9.59 Å². The second-order valence-corrected chi connectivity index (χ2v) is 10.3. The zero-order chi connectivity index (χ0) is 28.5. The molecular formula is C29H39N3O7. The summed E-state index contributed by atoms with van der Waals surface area (Å²) in [4.78, 5) is 44.5. The first-order chi connectivity index (χ1) is 18.6. The number of rotatable bonds is 2. The third-order valence-corrected chi connectivity index (χ3v) is 6.86. The van der Waals surface area contributed by atoms with Gasteiger partial charge in [-0.15, -0.1) is 0 Å². The predicted molar refractivity (Wildman–Crippen MR) is 144 cm³/mol. The molecule has 1 fully saturated rings. The van der Waals surface area contributed by atoms with Gasteiger partial charge in [-0.1, -0.05) is 55.9 Å². The molecule has 2 aliphatic rings. The van der Waals surface area contributed by atoms with Crippen molar-refractivity contribution < 1.29 is 33.8 Å². The topological polar surface area (TPSA) is 142 Å². The highest BCUT2D eigenvalue weighted by molar-refractivity contribution is 5.95. The lowest BCUT2D eigenvalue weighted by molar-refractivity contribution is -0.159. The van der Waals surface area contributed by atoms with E-state index in [9.17, 15) is 24.6 Å². The first-order valence-corrected chi connectivity index (χ1v) is 13.3. The Bertz CT molecular complexity index is 1140. The van der Waals surface area contributed by atoms with Crippen LogP contribution in [0.1, 0.15) is 56.4 Å². The number of allylic oxidation sites excluding steroid dienone is 2. The van der Waals surface area contributed by atoms with Crippen LogP contribution in [0.4, 0.5) is 0 Å². The maximum atomic E-state index is 13.2. The number of amides is 2. The van der Waals surface area contributed by atoms with E-state index in [-0.39, 0.29) is 43.5 Å². The number of aliphatic hydroxyl groups excluding tert-OH is 2. The molecule has 5 atom stereocenters. The van der Waals surface area contributed by atoms with Crippen LogP contribution in [0.2, 0.25) is 0 Å². The smallest absolute Gasteiger partial charge is 0.329 e. The molecule has 3 heterocycles. The highest BCUT2D eigenvalue weighted by Gasteiger charge is 2.39. The molecule has 10 heteroatoms. The normalized spacial score (nSPS) is 30.0. The summed E-state index contributed by atoms with van der Waals surface area (Å²) in [7, 11) is 0. The number of ether oxygens (including phenoxy) is 1. The summed E-state index contributed by atoms with van der Waals surface area (Å²) in [5.74, 6) is -1.79. The number of aliphatic hydroxyl groups is 2. The Kier molecular flexibility index (Phi) is 10.8. The van der Waals surface area contributed by atoms with E-state index in [4.69, 9.17) is 9.15 Å². The molecule has 0 aliphatic carbocycles. The minimum Gasteiger partial charge on any atom is -0.460 e. The third kappa shape index (κ3) is 8.49. The Balaban J connectivity index is 1.87. The fourth-order valence-corrected chi connectivity index (χ4v) is 4.76. The van der Waals surface area contributed by atoms with Crippen molar-refractivity contribution in [2.75, 3.05) is 19.7 Å². The van der Waals surface area contributed by atoms with Crippen molar-refractivity contribution in [3.8, 4) is 0 Å². The van der Waals surface area contributed by atoms with Crippen molar-refractivity contribution in [2.24, 2.45) is 11.8 Å². The fraction of sp³-hybridized carbons (Fsp3) is 0.517. The SMILES string of the molecule is C=C1Cc2nc(co2)C(=O)N2CCC[C@@H]2C(=O)O[C@H](C(C)CO)[C@H](C)/C=C/C(=O)NC/C=C/C(C)=C/[C@@H](O)C1. The number of esters is 1. The lowest BCUT2D eigenvalue weighted by Gasteiger charge is -2.30. The minimum atomic E-state index is -0.793. The molecule has 0 radical (unpaired) electrons. The molecule has 1 saturated heterocycles. The summed E-state index contributed by atoms with van der Waals surface area (Å²) in [6.45, 7) is 9.84. The van der Waals surface area contributed by atoms with Gasteiger partial charge in [0.25, 0.3) is 5.91 Å². The molecule has 1 aromatic heterocycles. The molecule has 39 heavy (non-hydrogen) atoms. The highest BCUT2D eigenvalue weighted by Crippen LogP contribution is 2.25. The van der Waals surface area contributed by atoms with E-state index in [0.717, 1.165) is 5.57 Å². The van der Waals surface area contributed by atoms with Crippen LogP contribution in [0.5, 0.6) is 0 Å². The molecule has 3 N–H and O–H groups in total. The number of hydrogen-bond donors (Lipinski definition) is 3. The highest BCUT2D eigenvalue weighted by atomic mass is 16.5. The van der Waals surface area contributed by atoms with Crippen LogP contribution in [0.3, 0.4) is 0 Å². The summed E-state index contributed by atoms with van der Waals surface area (Å²) in [6.07, 6.45) is 9.67. The second kappa shape index (κ2) is 14.0. The van der Waals surface area contributed by atoms with E-state index in [0.29, 0.717) is 30.9 Å². The summed E-state index contributed by atoms with van der Waals surface area (Å²) in [6, 6.07) is -0.793. The molecule has 3 rings (SSSR count). The van der Waals surface area contributed by atoms with Crippen LogP contribution in [0.15, 0.2) is 58.8 Å². The molecule has 1 unspecified atom stereocenters. The van der Waals surface area contributed by atoms with Crippen LogP contribution in [0.25, 0.3) is 0 Å². The summed E-state index contributed by atoms with van der Waals surface area (Å²) in [5.41, 5.74) is 1.58. The zero-order valence-electron chi connectivity index (χ0n) is 22.8. The molecule has 10 nitrogen and oxygen atoms in total. The number of hydrogen-bond acceptors (Lipinski definition) is 8. The van der Waals surface area contributed by atoms with E-state index in [2.05, 4.69) is 16.9 Å². The summed E-state index contributed by atoms with van der Waals surface area (Å²) >= 11 is 0. The maximum Gasteiger partial charge on any atom is 0.329 e. The van der Waals surface area contributed by atoms with Crippen LogP contribution >= 0.6 is 0 Å². The third-order valence-electron chi connectivity index (χ3n) is 6.86. The van der Waals surface area contributed by atoms with Crippen molar-refractivity contribution >= 4 is 17.8 Å². The number of carbonyl (C=O) groups is 3. The van der Waals surface area contributed by atoms with Crippen molar-refractivity contribution in [1.82, 2.24) is 15.2 Å². The molecule has 212 valence electrons. The van der Waals surface area contributed by atoms with Crippen molar-refractivity contribution in [1.29, 1.82) is 0 Å². The first kappa shape index (κ1) is 30.0. The molecule has 2 aliphatic heterocycles. The summed E-state index contributed by atoms with van der Waals surface area (Å²) < 4.78 is 11.3. The van der Waals surface area contributed by atoms with Gasteiger partial charge in [0.1, 0.15) is 18.4 Å². The Morgan fingerprint density at radius 3 is 2.79 bits per heavy atom. The van der Waals surface area contributed by atoms with Gasteiger partial charge >= 0.3 is 5.97 Å². The minimum absolute atomic E-state index is 0.0832. The average Bonchev–Trinajstić information content (AvgIpc) is 3.57. The average molecular weight is 542 g/mol. The quantitative estimate of drug-likeness (QED) is 0.383. The van der Waals surface area contributed by atoms with Gasteiger partial charge in [0.05, 0.1) is 6.10 Å². The number of oxazole rings is 1. The van der Waals surface area contributed by atoms with E-state index in [1.54, 1.807) is 38.2 Å². The van der Waals surface area contributed by atoms with Gasteiger partial charge < -0.3 is 29.6 Å². The van der Waals surface area contributed by atoms with E-state index in [1.165, 1.54) is 17.2 Å². The molecule has 0 spiro atoms. The van der Waals surface area contributed by atoms with Crippen LogP contribution < -0.4 is 5.32 Å². The number of nitrogens with one attached hydrogen (secondary N) is 1. The number of aromatic nitrogens is 1. The molecule has 0 saturated carbocycles. The van der Waals surface area contributed by atoms with E-state index >= 15 is 0 Å². The number of nitrogens with zero attached hydrogens (tertiary/aromatic N) is 2. The second-order valence-electron chi connectivity index (χ2n) is 10.3.